The standard InChI is InChI=1S/C11H15FN2/c1-13-5-4-10-7-8-6-9(12)2-3-11(8)14-10/h2-3,6,10,13-14H,4-5,7H2,1H3. The molecular formula is C11H15FN2. The van der Waals surface area contributed by atoms with Gasteiger partial charge in [-0.1, -0.05) is 0 Å². The van der Waals surface area contributed by atoms with Crippen molar-refractivity contribution in [2.75, 3.05) is 18.9 Å². The first-order chi connectivity index (χ1) is 6.79. The molecule has 0 aliphatic carbocycles. The van der Waals surface area contributed by atoms with Crippen LogP contribution in [0, 0.1) is 5.82 Å². The second kappa shape index (κ2) is 3.96. The predicted molar refractivity (Wildman–Crippen MR) is 56.1 cm³/mol. The van der Waals surface area contributed by atoms with E-state index in [1.807, 2.05) is 13.1 Å². The molecule has 1 aliphatic rings. The van der Waals surface area contributed by atoms with Gasteiger partial charge in [0.1, 0.15) is 5.82 Å². The van der Waals surface area contributed by atoms with Crippen molar-refractivity contribution in [1.29, 1.82) is 0 Å². The molecule has 3 heteroatoms. The smallest absolute Gasteiger partial charge is 0.123 e. The summed E-state index contributed by atoms with van der Waals surface area (Å²) in [5.41, 5.74) is 2.19. The highest BCUT2D eigenvalue weighted by molar-refractivity contribution is 5.56. The molecule has 14 heavy (non-hydrogen) atoms. The molecule has 2 N–H and O–H groups in total. The molecule has 76 valence electrons. The second-order valence-corrected chi connectivity index (χ2v) is 3.74. The van der Waals surface area contributed by atoms with Gasteiger partial charge in [-0.3, -0.25) is 0 Å². The van der Waals surface area contributed by atoms with E-state index in [4.69, 9.17) is 0 Å². The molecule has 0 aromatic heterocycles. The van der Waals surface area contributed by atoms with Crippen LogP contribution in [0.1, 0.15) is 12.0 Å². The molecule has 2 rings (SSSR count). The summed E-state index contributed by atoms with van der Waals surface area (Å²) >= 11 is 0. The van der Waals surface area contributed by atoms with E-state index in [0.29, 0.717) is 6.04 Å². The summed E-state index contributed by atoms with van der Waals surface area (Å²) in [6.07, 6.45) is 2.02. The van der Waals surface area contributed by atoms with Crippen LogP contribution in [0.3, 0.4) is 0 Å². The van der Waals surface area contributed by atoms with Crippen molar-refractivity contribution in [3.05, 3.63) is 29.6 Å². The maximum Gasteiger partial charge on any atom is 0.123 e. The third-order valence-electron chi connectivity index (χ3n) is 2.64. The fraction of sp³-hybridized carbons (Fsp3) is 0.455. The fourth-order valence-electron chi connectivity index (χ4n) is 1.90. The van der Waals surface area contributed by atoms with Crippen LogP contribution in [0.5, 0.6) is 0 Å². The molecule has 1 unspecified atom stereocenters. The van der Waals surface area contributed by atoms with E-state index in [2.05, 4.69) is 10.6 Å². The molecule has 0 saturated heterocycles. The first kappa shape index (κ1) is 9.46. The van der Waals surface area contributed by atoms with Crippen molar-refractivity contribution >= 4 is 5.69 Å². The van der Waals surface area contributed by atoms with Crippen LogP contribution in [0.2, 0.25) is 0 Å². The average Bonchev–Trinajstić information content (AvgIpc) is 2.56. The lowest BCUT2D eigenvalue weighted by molar-refractivity contribution is 0.620. The number of fused-ring (bicyclic) bond motifs is 1. The quantitative estimate of drug-likeness (QED) is 0.766. The Morgan fingerprint density at radius 2 is 2.43 bits per heavy atom. The molecule has 0 spiro atoms. The van der Waals surface area contributed by atoms with Gasteiger partial charge in [-0.05, 0) is 50.2 Å². The Kier molecular flexibility index (Phi) is 2.68. The van der Waals surface area contributed by atoms with Gasteiger partial charge in [-0.2, -0.15) is 0 Å². The summed E-state index contributed by atoms with van der Waals surface area (Å²) < 4.78 is 12.9. The fourth-order valence-corrected chi connectivity index (χ4v) is 1.90. The summed E-state index contributed by atoms with van der Waals surface area (Å²) in [6, 6.07) is 5.41. The maximum absolute atomic E-state index is 12.9. The summed E-state index contributed by atoms with van der Waals surface area (Å²) in [4.78, 5) is 0. The zero-order valence-corrected chi connectivity index (χ0v) is 8.31. The number of benzene rings is 1. The molecule has 1 aromatic carbocycles. The van der Waals surface area contributed by atoms with Crippen LogP contribution in [-0.2, 0) is 6.42 Å². The van der Waals surface area contributed by atoms with Crippen molar-refractivity contribution in [3.63, 3.8) is 0 Å². The first-order valence-electron chi connectivity index (χ1n) is 4.99. The number of anilines is 1. The van der Waals surface area contributed by atoms with Gasteiger partial charge >= 0.3 is 0 Å². The Morgan fingerprint density at radius 1 is 1.57 bits per heavy atom. The molecule has 1 atom stereocenters. The molecule has 0 amide bonds. The zero-order chi connectivity index (χ0) is 9.97. The number of nitrogens with one attached hydrogen (secondary N) is 2. The summed E-state index contributed by atoms with van der Waals surface area (Å²) in [5.74, 6) is -0.139. The minimum Gasteiger partial charge on any atom is -0.382 e. The van der Waals surface area contributed by atoms with Crippen LogP contribution in [0.15, 0.2) is 18.2 Å². The molecular weight excluding hydrogens is 179 g/mol. The molecule has 0 bridgehead atoms. The molecule has 0 radical (unpaired) electrons. The molecule has 2 nitrogen and oxygen atoms in total. The summed E-state index contributed by atoms with van der Waals surface area (Å²) in [7, 11) is 1.95. The van der Waals surface area contributed by atoms with Crippen molar-refractivity contribution in [1.82, 2.24) is 5.32 Å². The number of rotatable bonds is 3. The van der Waals surface area contributed by atoms with Gasteiger partial charge in [-0.25, -0.2) is 4.39 Å². The van der Waals surface area contributed by atoms with Gasteiger partial charge in [0, 0.05) is 11.7 Å². The van der Waals surface area contributed by atoms with Gasteiger partial charge in [-0.15, -0.1) is 0 Å². The SMILES string of the molecule is CNCCC1Cc2cc(F)ccc2N1. The van der Waals surface area contributed by atoms with Gasteiger partial charge in [0.15, 0.2) is 0 Å². The molecule has 0 saturated carbocycles. The topological polar surface area (TPSA) is 24.1 Å². The van der Waals surface area contributed by atoms with Crippen LogP contribution in [0.25, 0.3) is 0 Å². The predicted octanol–water partition coefficient (Wildman–Crippen LogP) is 1.77. The van der Waals surface area contributed by atoms with Gasteiger partial charge in [0.05, 0.1) is 0 Å². The Balaban J connectivity index is 2.03. The molecule has 1 aromatic rings. The average molecular weight is 194 g/mol. The third kappa shape index (κ3) is 1.87. The highest BCUT2D eigenvalue weighted by atomic mass is 19.1. The van der Waals surface area contributed by atoms with Crippen molar-refractivity contribution < 1.29 is 4.39 Å². The minimum absolute atomic E-state index is 0.139. The van der Waals surface area contributed by atoms with E-state index in [1.54, 1.807) is 6.07 Å². The Hall–Kier alpha value is -1.09. The molecule has 0 fully saturated rings. The normalized spacial score (nSPS) is 19.1. The van der Waals surface area contributed by atoms with E-state index in [1.165, 1.54) is 6.07 Å². The minimum atomic E-state index is -0.139. The van der Waals surface area contributed by atoms with Crippen LogP contribution in [-0.4, -0.2) is 19.6 Å². The lowest BCUT2D eigenvalue weighted by Gasteiger charge is -2.09. The largest absolute Gasteiger partial charge is 0.382 e. The number of halogens is 1. The lowest BCUT2D eigenvalue weighted by Crippen LogP contribution is -2.21. The van der Waals surface area contributed by atoms with Gasteiger partial charge in [0.2, 0.25) is 0 Å². The van der Waals surface area contributed by atoms with Crippen molar-refractivity contribution in [3.8, 4) is 0 Å². The van der Waals surface area contributed by atoms with Crippen LogP contribution < -0.4 is 10.6 Å². The second-order valence-electron chi connectivity index (χ2n) is 3.74. The summed E-state index contributed by atoms with van der Waals surface area (Å²) in [6.45, 7) is 0.994. The van der Waals surface area contributed by atoms with Gasteiger partial charge < -0.3 is 10.6 Å². The highest BCUT2D eigenvalue weighted by Gasteiger charge is 2.19. The number of hydrogen-bond acceptors (Lipinski definition) is 2. The number of hydrogen-bond donors (Lipinski definition) is 2. The van der Waals surface area contributed by atoms with Gasteiger partial charge in [0.25, 0.3) is 0 Å². The van der Waals surface area contributed by atoms with E-state index >= 15 is 0 Å². The Morgan fingerprint density at radius 3 is 3.21 bits per heavy atom. The Bertz CT molecular complexity index is 325. The first-order valence-corrected chi connectivity index (χ1v) is 4.99. The van der Waals surface area contributed by atoms with E-state index in [0.717, 1.165) is 30.6 Å². The molecule has 1 heterocycles. The van der Waals surface area contributed by atoms with Crippen LogP contribution >= 0.6 is 0 Å². The lowest BCUT2D eigenvalue weighted by atomic mass is 10.1. The van der Waals surface area contributed by atoms with Crippen LogP contribution in [0.4, 0.5) is 10.1 Å². The molecule has 1 aliphatic heterocycles. The highest BCUT2D eigenvalue weighted by Crippen LogP contribution is 2.27. The third-order valence-corrected chi connectivity index (χ3v) is 2.64. The van der Waals surface area contributed by atoms with Crippen molar-refractivity contribution in [2.24, 2.45) is 0 Å². The van der Waals surface area contributed by atoms with Crippen molar-refractivity contribution in [2.45, 2.75) is 18.9 Å². The maximum atomic E-state index is 12.9. The summed E-state index contributed by atoms with van der Waals surface area (Å²) in [5, 5.41) is 6.51. The van der Waals surface area contributed by atoms with E-state index < -0.39 is 0 Å². The monoisotopic (exact) mass is 194 g/mol. The zero-order valence-electron chi connectivity index (χ0n) is 8.31. The Labute approximate surface area is 83.5 Å². The van der Waals surface area contributed by atoms with E-state index in [9.17, 15) is 4.39 Å². The van der Waals surface area contributed by atoms with E-state index in [-0.39, 0.29) is 5.82 Å².